The second-order valence-electron chi connectivity index (χ2n) is 11.3. The van der Waals surface area contributed by atoms with E-state index in [9.17, 15) is 4.79 Å². The summed E-state index contributed by atoms with van der Waals surface area (Å²) in [5.74, 6) is 1.01. The number of fused-ring (bicyclic) bond motifs is 1. The number of nitrogens with one attached hydrogen (secondary N) is 2. The first kappa shape index (κ1) is 27.5. The van der Waals surface area contributed by atoms with E-state index in [1.165, 1.54) is 12.0 Å². The molecule has 0 spiro atoms. The molecule has 2 aromatic carbocycles. The van der Waals surface area contributed by atoms with Crippen molar-refractivity contribution in [2.24, 2.45) is 0 Å². The largest absolute Gasteiger partial charge is 0.451 e. The standard InChI is InChI=1S/C33H35N7O3/c1-22-2-7-27(28(16-22)30-20-43-21-36-30)29-17-25-19-35-33(37-26-5-3-23(4-6-26)24-8-9-34-18-24)38-31(25)40(32(29)41)11-10-39-12-14-42-15-13-39/h2-7,16-17,19-21,24,34H,8-15,18H2,1H3,(H,35,37,38). The minimum absolute atomic E-state index is 0.103. The zero-order chi connectivity index (χ0) is 29.2. The highest BCUT2D eigenvalue weighted by molar-refractivity contribution is 5.87. The summed E-state index contributed by atoms with van der Waals surface area (Å²) >= 11 is 0. The van der Waals surface area contributed by atoms with Crippen LogP contribution >= 0.6 is 0 Å². The average Bonchev–Trinajstić information content (AvgIpc) is 3.77. The Bertz CT molecular complexity index is 1770. The zero-order valence-corrected chi connectivity index (χ0v) is 24.3. The number of anilines is 2. The minimum atomic E-state index is -0.103. The Balaban J connectivity index is 1.27. The van der Waals surface area contributed by atoms with Gasteiger partial charge >= 0.3 is 0 Å². The Kier molecular flexibility index (Phi) is 7.71. The van der Waals surface area contributed by atoms with Crippen molar-refractivity contribution < 1.29 is 9.15 Å². The van der Waals surface area contributed by atoms with Gasteiger partial charge in [0.25, 0.3) is 5.56 Å². The highest BCUT2D eigenvalue weighted by Gasteiger charge is 2.20. The van der Waals surface area contributed by atoms with Gasteiger partial charge in [0.15, 0.2) is 6.39 Å². The van der Waals surface area contributed by atoms with E-state index in [0.717, 1.165) is 66.9 Å². The van der Waals surface area contributed by atoms with Crippen molar-refractivity contribution in [2.75, 3.05) is 51.3 Å². The molecule has 10 heteroatoms. The van der Waals surface area contributed by atoms with Crippen LogP contribution in [0.4, 0.5) is 11.6 Å². The van der Waals surface area contributed by atoms with E-state index < -0.39 is 0 Å². The zero-order valence-electron chi connectivity index (χ0n) is 24.3. The van der Waals surface area contributed by atoms with Crippen molar-refractivity contribution in [1.82, 2.24) is 29.7 Å². The van der Waals surface area contributed by atoms with E-state index >= 15 is 0 Å². The summed E-state index contributed by atoms with van der Waals surface area (Å²) in [5.41, 5.74) is 6.72. The molecule has 0 radical (unpaired) electrons. The van der Waals surface area contributed by atoms with Crippen LogP contribution < -0.4 is 16.2 Å². The molecule has 2 aliphatic rings. The van der Waals surface area contributed by atoms with Gasteiger partial charge < -0.3 is 19.8 Å². The number of pyridine rings is 1. The van der Waals surface area contributed by atoms with Gasteiger partial charge in [-0.2, -0.15) is 4.98 Å². The van der Waals surface area contributed by atoms with Crippen molar-refractivity contribution in [3.63, 3.8) is 0 Å². The van der Waals surface area contributed by atoms with E-state index in [1.807, 2.05) is 31.2 Å². The number of hydrogen-bond acceptors (Lipinski definition) is 9. The van der Waals surface area contributed by atoms with Gasteiger partial charge in [0.1, 0.15) is 17.6 Å². The maximum atomic E-state index is 14.3. The van der Waals surface area contributed by atoms with Crippen LogP contribution in [0, 0.1) is 6.92 Å². The first-order valence-electron chi connectivity index (χ1n) is 14.9. The fraction of sp³-hybridized carbons (Fsp3) is 0.333. The molecule has 1 atom stereocenters. The smallest absolute Gasteiger partial charge is 0.260 e. The third kappa shape index (κ3) is 5.81. The van der Waals surface area contributed by atoms with Crippen molar-refractivity contribution in [1.29, 1.82) is 0 Å². The molecule has 0 bridgehead atoms. The number of rotatable bonds is 8. The summed E-state index contributed by atoms with van der Waals surface area (Å²) in [4.78, 5) is 30.5. The molecule has 43 heavy (non-hydrogen) atoms. The molecule has 2 saturated heterocycles. The van der Waals surface area contributed by atoms with Gasteiger partial charge in [-0.25, -0.2) is 9.97 Å². The summed E-state index contributed by atoms with van der Waals surface area (Å²) in [5, 5.41) is 7.57. The molecule has 2 N–H and O–H groups in total. The summed E-state index contributed by atoms with van der Waals surface area (Å²) in [6.45, 7) is 8.41. The Labute approximate surface area is 249 Å². The van der Waals surface area contributed by atoms with Crippen molar-refractivity contribution in [2.45, 2.75) is 25.8 Å². The molecule has 2 aliphatic heterocycles. The SMILES string of the molecule is Cc1ccc(-c2cc3cnc(Nc4ccc(C5CCNC5)cc4)nc3n(CCN3CCOCC3)c2=O)c(-c2cocn2)c1. The third-order valence-electron chi connectivity index (χ3n) is 8.44. The highest BCUT2D eigenvalue weighted by atomic mass is 16.5. The highest BCUT2D eigenvalue weighted by Crippen LogP contribution is 2.32. The lowest BCUT2D eigenvalue weighted by atomic mass is 9.96. The van der Waals surface area contributed by atoms with E-state index in [4.69, 9.17) is 14.1 Å². The van der Waals surface area contributed by atoms with Crippen LogP contribution in [-0.4, -0.2) is 70.4 Å². The van der Waals surface area contributed by atoms with Gasteiger partial charge in [-0.1, -0.05) is 29.8 Å². The fourth-order valence-corrected chi connectivity index (χ4v) is 6.04. The van der Waals surface area contributed by atoms with Gasteiger partial charge in [-0.15, -0.1) is 0 Å². The van der Waals surface area contributed by atoms with Crippen molar-refractivity contribution in [3.05, 3.63) is 88.9 Å². The fourth-order valence-electron chi connectivity index (χ4n) is 6.04. The monoisotopic (exact) mass is 577 g/mol. The predicted molar refractivity (Wildman–Crippen MR) is 167 cm³/mol. The average molecular weight is 578 g/mol. The molecule has 7 rings (SSSR count). The first-order chi connectivity index (χ1) is 21.1. The molecule has 10 nitrogen and oxygen atoms in total. The maximum Gasteiger partial charge on any atom is 0.260 e. The Hall–Kier alpha value is -4.38. The molecule has 3 aromatic heterocycles. The minimum Gasteiger partial charge on any atom is -0.451 e. The number of aryl methyl sites for hydroxylation is 1. The van der Waals surface area contributed by atoms with Gasteiger partial charge in [0.2, 0.25) is 5.95 Å². The van der Waals surface area contributed by atoms with E-state index in [-0.39, 0.29) is 5.56 Å². The predicted octanol–water partition coefficient (Wildman–Crippen LogP) is 4.57. The van der Waals surface area contributed by atoms with Gasteiger partial charge in [0.05, 0.1) is 13.2 Å². The number of oxazole rings is 1. The lowest BCUT2D eigenvalue weighted by Gasteiger charge is -2.27. The number of morpholine rings is 1. The first-order valence-corrected chi connectivity index (χ1v) is 14.9. The molecule has 5 aromatic rings. The van der Waals surface area contributed by atoms with E-state index in [0.29, 0.717) is 48.5 Å². The second-order valence-corrected chi connectivity index (χ2v) is 11.3. The maximum absolute atomic E-state index is 14.3. The molecule has 2 fully saturated rings. The van der Waals surface area contributed by atoms with Crippen molar-refractivity contribution >= 4 is 22.7 Å². The topological polar surface area (TPSA) is 110 Å². The summed E-state index contributed by atoms with van der Waals surface area (Å²) in [6, 6.07) is 16.4. The molecule has 0 saturated carbocycles. The molecular weight excluding hydrogens is 542 g/mol. The molecule has 5 heterocycles. The molecule has 1 unspecified atom stereocenters. The van der Waals surface area contributed by atoms with Gasteiger partial charge in [-0.3, -0.25) is 14.3 Å². The van der Waals surface area contributed by atoms with E-state index in [2.05, 4.69) is 49.8 Å². The number of ether oxygens (including phenoxy) is 1. The summed E-state index contributed by atoms with van der Waals surface area (Å²) in [7, 11) is 0. The second kappa shape index (κ2) is 12.1. The Morgan fingerprint density at radius 2 is 1.86 bits per heavy atom. The molecule has 0 amide bonds. The third-order valence-corrected chi connectivity index (χ3v) is 8.44. The van der Waals surface area contributed by atoms with Gasteiger partial charge in [-0.05, 0) is 61.2 Å². The molecular formula is C33H35N7O3. The Morgan fingerprint density at radius 1 is 1.00 bits per heavy atom. The van der Waals surface area contributed by atoms with Crippen LogP contribution in [0.1, 0.15) is 23.5 Å². The number of aromatic nitrogens is 4. The van der Waals surface area contributed by atoms with Crippen LogP contribution in [0.2, 0.25) is 0 Å². The van der Waals surface area contributed by atoms with Crippen molar-refractivity contribution in [3.8, 4) is 22.4 Å². The number of benzene rings is 2. The lowest BCUT2D eigenvalue weighted by molar-refractivity contribution is 0.0364. The van der Waals surface area contributed by atoms with Gasteiger partial charge in [0, 0.05) is 61.1 Å². The van der Waals surface area contributed by atoms with Crippen LogP contribution in [-0.2, 0) is 11.3 Å². The molecule has 0 aliphatic carbocycles. The van der Waals surface area contributed by atoms with Crippen LogP contribution in [0.3, 0.4) is 0 Å². The normalized spacial score (nSPS) is 17.5. The van der Waals surface area contributed by atoms with Crippen LogP contribution in [0.25, 0.3) is 33.4 Å². The lowest BCUT2D eigenvalue weighted by Crippen LogP contribution is -2.39. The molecule has 220 valence electrons. The number of nitrogens with zero attached hydrogens (tertiary/aromatic N) is 5. The quantitative estimate of drug-likeness (QED) is 0.274. The summed E-state index contributed by atoms with van der Waals surface area (Å²) in [6.07, 6.45) is 5.97. The number of hydrogen-bond donors (Lipinski definition) is 2. The summed E-state index contributed by atoms with van der Waals surface area (Å²) < 4.78 is 12.6. The van der Waals surface area contributed by atoms with E-state index in [1.54, 1.807) is 17.0 Å². The van der Waals surface area contributed by atoms with Crippen LogP contribution in [0.15, 0.2) is 76.6 Å². The Morgan fingerprint density at radius 3 is 2.63 bits per heavy atom. The van der Waals surface area contributed by atoms with Crippen LogP contribution in [0.5, 0.6) is 0 Å².